The maximum Gasteiger partial charge on any atom is 0.341 e. The molecule has 0 N–H and O–H groups in total. The van der Waals surface area contributed by atoms with Crippen LogP contribution in [0.3, 0.4) is 0 Å². The highest BCUT2D eigenvalue weighted by Gasteiger charge is 2.24. The number of esters is 1. The standard InChI is InChI=1S/C12H13BrClFO5S/c1-2-3-19-4-5-20-12(16)9-6-8(13)7-10(11(9)15)21(14,17)18/h6-7H,2-5H2,1H3. The predicted octanol–water partition coefficient (Wildman–Crippen LogP) is 3.10. The average Bonchev–Trinajstić information content (AvgIpc) is 2.39. The van der Waals surface area contributed by atoms with Gasteiger partial charge in [0.2, 0.25) is 0 Å². The normalized spacial score (nSPS) is 11.4. The van der Waals surface area contributed by atoms with Crippen molar-refractivity contribution in [2.24, 2.45) is 0 Å². The molecule has 0 aromatic heterocycles. The van der Waals surface area contributed by atoms with Crippen molar-refractivity contribution in [2.45, 2.75) is 18.2 Å². The second kappa shape index (κ2) is 8.07. The van der Waals surface area contributed by atoms with E-state index in [1.807, 2.05) is 6.92 Å². The summed E-state index contributed by atoms with van der Waals surface area (Å²) in [6.45, 7) is 2.57. The summed E-state index contributed by atoms with van der Waals surface area (Å²) in [5.74, 6) is -2.23. The Kier molecular flexibility index (Phi) is 7.05. The summed E-state index contributed by atoms with van der Waals surface area (Å²) in [6, 6.07) is 2.09. The first-order valence-corrected chi connectivity index (χ1v) is 9.06. The molecule has 1 aromatic carbocycles. The van der Waals surface area contributed by atoms with Crippen LogP contribution in [0.5, 0.6) is 0 Å². The van der Waals surface area contributed by atoms with E-state index in [4.69, 9.17) is 20.2 Å². The lowest BCUT2D eigenvalue weighted by atomic mass is 10.2. The van der Waals surface area contributed by atoms with Crippen molar-refractivity contribution in [2.75, 3.05) is 19.8 Å². The van der Waals surface area contributed by atoms with Gasteiger partial charge in [-0.2, -0.15) is 0 Å². The third kappa shape index (κ3) is 5.54. The topological polar surface area (TPSA) is 69.7 Å². The second-order valence-corrected chi connectivity index (χ2v) is 7.40. The average molecular weight is 404 g/mol. The highest BCUT2D eigenvalue weighted by molar-refractivity contribution is 9.10. The van der Waals surface area contributed by atoms with Gasteiger partial charge in [-0.25, -0.2) is 17.6 Å². The number of ether oxygens (including phenoxy) is 2. The Hall–Kier alpha value is -0.700. The van der Waals surface area contributed by atoms with Crippen LogP contribution < -0.4 is 0 Å². The minimum absolute atomic E-state index is 0.0618. The zero-order valence-electron chi connectivity index (χ0n) is 11.1. The van der Waals surface area contributed by atoms with E-state index in [0.29, 0.717) is 6.61 Å². The van der Waals surface area contributed by atoms with Crippen LogP contribution in [0, 0.1) is 5.82 Å². The fourth-order valence-electron chi connectivity index (χ4n) is 1.41. The van der Waals surface area contributed by atoms with Gasteiger partial charge in [-0.15, -0.1) is 0 Å². The number of hydrogen-bond donors (Lipinski definition) is 0. The van der Waals surface area contributed by atoms with Gasteiger partial charge in [-0.1, -0.05) is 22.9 Å². The van der Waals surface area contributed by atoms with Crippen molar-refractivity contribution in [3.63, 3.8) is 0 Å². The van der Waals surface area contributed by atoms with E-state index < -0.39 is 31.3 Å². The summed E-state index contributed by atoms with van der Waals surface area (Å²) in [4.78, 5) is 11.0. The first kappa shape index (κ1) is 18.3. The number of halogens is 3. The summed E-state index contributed by atoms with van der Waals surface area (Å²) in [5, 5.41) is 0. The highest BCUT2D eigenvalue weighted by atomic mass is 79.9. The molecule has 1 aromatic rings. The smallest absolute Gasteiger partial charge is 0.341 e. The number of carbonyl (C=O) groups is 1. The molecule has 0 fully saturated rings. The molecule has 0 saturated carbocycles. The Balaban J connectivity index is 2.88. The monoisotopic (exact) mass is 402 g/mol. The summed E-state index contributed by atoms with van der Waals surface area (Å²) in [5.41, 5.74) is -0.515. The molecule has 0 saturated heterocycles. The third-order valence-corrected chi connectivity index (χ3v) is 4.07. The van der Waals surface area contributed by atoms with E-state index in [0.717, 1.165) is 18.6 Å². The number of hydrogen-bond acceptors (Lipinski definition) is 5. The summed E-state index contributed by atoms with van der Waals surface area (Å²) in [6.07, 6.45) is 0.825. The lowest BCUT2D eigenvalue weighted by molar-refractivity contribution is 0.0313. The number of rotatable bonds is 7. The molecule has 118 valence electrons. The molecule has 1 rings (SSSR count). The van der Waals surface area contributed by atoms with Gasteiger partial charge >= 0.3 is 5.97 Å². The molecule has 0 aliphatic rings. The first-order valence-electron chi connectivity index (χ1n) is 5.96. The summed E-state index contributed by atoms with van der Waals surface area (Å²) >= 11 is 2.99. The zero-order chi connectivity index (χ0) is 16.0. The van der Waals surface area contributed by atoms with Crippen LogP contribution in [-0.2, 0) is 18.5 Å². The van der Waals surface area contributed by atoms with Crippen molar-refractivity contribution in [3.05, 3.63) is 28.0 Å². The molecule has 0 amide bonds. The van der Waals surface area contributed by atoms with Gasteiger partial charge < -0.3 is 9.47 Å². The van der Waals surface area contributed by atoms with Crippen molar-refractivity contribution < 1.29 is 27.1 Å². The zero-order valence-corrected chi connectivity index (χ0v) is 14.2. The fraction of sp³-hybridized carbons (Fsp3) is 0.417. The van der Waals surface area contributed by atoms with Gasteiger partial charge in [0, 0.05) is 21.8 Å². The fourth-order valence-corrected chi connectivity index (χ4v) is 2.95. The molecule has 9 heteroatoms. The Labute approximate surface area is 134 Å². The van der Waals surface area contributed by atoms with Gasteiger partial charge in [0.05, 0.1) is 12.2 Å². The van der Waals surface area contributed by atoms with Crippen LogP contribution in [0.25, 0.3) is 0 Å². The lowest BCUT2D eigenvalue weighted by Crippen LogP contribution is -2.14. The van der Waals surface area contributed by atoms with Crippen LogP contribution in [-0.4, -0.2) is 34.2 Å². The Bertz CT molecular complexity index is 620. The SMILES string of the molecule is CCCOCCOC(=O)c1cc(Br)cc(S(=O)(=O)Cl)c1F. The van der Waals surface area contributed by atoms with Gasteiger partial charge in [-0.3, -0.25) is 0 Å². The maximum absolute atomic E-state index is 14.0. The molecule has 0 bridgehead atoms. The van der Waals surface area contributed by atoms with Crippen molar-refractivity contribution in [1.29, 1.82) is 0 Å². The van der Waals surface area contributed by atoms with E-state index in [1.165, 1.54) is 0 Å². The quantitative estimate of drug-likeness (QED) is 0.397. The number of carbonyl (C=O) groups excluding carboxylic acids is 1. The molecule has 21 heavy (non-hydrogen) atoms. The Morgan fingerprint density at radius 2 is 2.00 bits per heavy atom. The molecule has 0 radical (unpaired) electrons. The van der Waals surface area contributed by atoms with Crippen LogP contribution in [0.2, 0.25) is 0 Å². The summed E-state index contributed by atoms with van der Waals surface area (Å²) < 4.78 is 46.6. The number of benzene rings is 1. The van der Waals surface area contributed by atoms with Crippen LogP contribution in [0.15, 0.2) is 21.5 Å². The minimum atomic E-state index is -4.31. The summed E-state index contributed by atoms with van der Waals surface area (Å²) in [7, 11) is 0.804. The van der Waals surface area contributed by atoms with E-state index in [9.17, 15) is 17.6 Å². The molecule has 0 spiro atoms. The molecule has 0 heterocycles. The molecule has 0 unspecified atom stereocenters. The van der Waals surface area contributed by atoms with E-state index >= 15 is 0 Å². The largest absolute Gasteiger partial charge is 0.460 e. The Morgan fingerprint density at radius 3 is 2.57 bits per heavy atom. The molecular formula is C12H13BrClFO5S. The van der Waals surface area contributed by atoms with E-state index in [1.54, 1.807) is 0 Å². The molecule has 5 nitrogen and oxygen atoms in total. The van der Waals surface area contributed by atoms with Crippen LogP contribution >= 0.6 is 26.6 Å². The van der Waals surface area contributed by atoms with Crippen LogP contribution in [0.1, 0.15) is 23.7 Å². The first-order chi connectivity index (χ1) is 9.77. The van der Waals surface area contributed by atoms with Crippen LogP contribution in [0.4, 0.5) is 4.39 Å². The van der Waals surface area contributed by atoms with Crippen molar-refractivity contribution >= 4 is 41.6 Å². The molecule has 0 aliphatic heterocycles. The van der Waals surface area contributed by atoms with Crippen molar-refractivity contribution in [1.82, 2.24) is 0 Å². The molecular weight excluding hydrogens is 391 g/mol. The predicted molar refractivity (Wildman–Crippen MR) is 78.5 cm³/mol. The maximum atomic E-state index is 14.0. The van der Waals surface area contributed by atoms with Crippen molar-refractivity contribution in [3.8, 4) is 0 Å². The van der Waals surface area contributed by atoms with E-state index in [2.05, 4.69) is 15.9 Å². The van der Waals surface area contributed by atoms with Gasteiger partial charge in [0.1, 0.15) is 11.5 Å². The Morgan fingerprint density at radius 1 is 1.33 bits per heavy atom. The van der Waals surface area contributed by atoms with E-state index in [-0.39, 0.29) is 17.7 Å². The highest BCUT2D eigenvalue weighted by Crippen LogP contribution is 2.27. The lowest BCUT2D eigenvalue weighted by Gasteiger charge is -2.08. The third-order valence-electron chi connectivity index (χ3n) is 2.30. The molecule has 0 aliphatic carbocycles. The van der Waals surface area contributed by atoms with Gasteiger partial charge in [0.25, 0.3) is 9.05 Å². The van der Waals surface area contributed by atoms with Gasteiger partial charge in [-0.05, 0) is 18.6 Å². The minimum Gasteiger partial charge on any atom is -0.460 e. The van der Waals surface area contributed by atoms with Gasteiger partial charge in [0.15, 0.2) is 5.82 Å². The second-order valence-electron chi connectivity index (χ2n) is 3.95. The molecule has 0 atom stereocenters.